The summed E-state index contributed by atoms with van der Waals surface area (Å²) in [6.07, 6.45) is 2.41. The summed E-state index contributed by atoms with van der Waals surface area (Å²) in [6.45, 7) is 10.2. The van der Waals surface area contributed by atoms with Crippen molar-refractivity contribution in [1.29, 1.82) is 0 Å². The molecular formula is C23H31N3O2. The van der Waals surface area contributed by atoms with E-state index in [4.69, 9.17) is 0 Å². The number of hydrogen-bond donors (Lipinski definition) is 1. The Kier molecular flexibility index (Phi) is 6.22. The third-order valence-corrected chi connectivity index (χ3v) is 5.72. The van der Waals surface area contributed by atoms with Crippen molar-refractivity contribution in [1.82, 2.24) is 14.8 Å². The summed E-state index contributed by atoms with van der Waals surface area (Å²) in [5.74, 6) is 0.224. The number of hydrogen-bond acceptors (Lipinski definition) is 2. The van der Waals surface area contributed by atoms with Gasteiger partial charge in [0, 0.05) is 42.6 Å². The number of carbonyl (C=O) groups excluding carboxylic acids is 2. The third kappa shape index (κ3) is 3.98. The predicted molar refractivity (Wildman–Crippen MR) is 112 cm³/mol. The predicted octanol–water partition coefficient (Wildman–Crippen LogP) is 3.78. The number of nitrogens with zero attached hydrogens (tertiary/aromatic N) is 2. The number of aryl methyl sites for hydroxylation is 2. The molecule has 1 aliphatic rings. The van der Waals surface area contributed by atoms with Gasteiger partial charge in [-0.25, -0.2) is 0 Å². The minimum absolute atomic E-state index is 0.0231. The number of likely N-dealkylation sites (tertiary alicyclic amines) is 1. The van der Waals surface area contributed by atoms with Crippen LogP contribution >= 0.6 is 0 Å². The zero-order valence-corrected chi connectivity index (χ0v) is 17.4. The number of piperidine rings is 1. The summed E-state index contributed by atoms with van der Waals surface area (Å²) in [7, 11) is 0. The third-order valence-electron chi connectivity index (χ3n) is 5.72. The number of rotatable bonds is 5. The highest BCUT2D eigenvalue weighted by Gasteiger charge is 2.29. The molecule has 2 aromatic rings. The molecule has 1 fully saturated rings. The van der Waals surface area contributed by atoms with Crippen LogP contribution in [0.15, 0.2) is 30.3 Å². The van der Waals surface area contributed by atoms with Crippen LogP contribution in [0.1, 0.15) is 53.5 Å². The zero-order chi connectivity index (χ0) is 20.3. The molecule has 1 saturated heterocycles. The molecule has 150 valence electrons. The first kappa shape index (κ1) is 20.2. The van der Waals surface area contributed by atoms with Crippen LogP contribution in [0.5, 0.6) is 0 Å². The molecule has 5 heteroatoms. The van der Waals surface area contributed by atoms with Crippen LogP contribution in [-0.4, -0.2) is 40.9 Å². The van der Waals surface area contributed by atoms with Gasteiger partial charge in [0.2, 0.25) is 5.91 Å². The largest absolute Gasteiger partial charge is 0.356 e. The summed E-state index contributed by atoms with van der Waals surface area (Å²) in [6, 6.07) is 10.2. The molecule has 0 radical (unpaired) electrons. The number of nitrogens with one attached hydrogen (secondary N) is 1. The monoisotopic (exact) mass is 381 g/mol. The van der Waals surface area contributed by atoms with Crippen LogP contribution in [0.25, 0.3) is 5.69 Å². The summed E-state index contributed by atoms with van der Waals surface area (Å²) in [5, 5.41) is 2.98. The molecule has 1 aromatic heterocycles. The SMILES string of the molecule is CCCNC(=O)C1CCN(C(=O)c2cc(C)n(-c3ccccc3C)c2C)CC1. The highest BCUT2D eigenvalue weighted by Crippen LogP contribution is 2.26. The van der Waals surface area contributed by atoms with Gasteiger partial charge in [-0.05, 0) is 57.7 Å². The van der Waals surface area contributed by atoms with E-state index < -0.39 is 0 Å². The normalized spacial score (nSPS) is 14.9. The zero-order valence-electron chi connectivity index (χ0n) is 17.4. The standard InChI is InChI=1S/C23H31N3O2/c1-5-12-24-22(27)19-10-13-25(14-11-19)23(28)20-15-17(3)26(18(20)4)21-9-7-6-8-16(21)2/h6-9,15,19H,5,10-14H2,1-4H3,(H,24,27). The molecule has 2 amide bonds. The number of amides is 2. The van der Waals surface area contributed by atoms with Gasteiger partial charge in [0.1, 0.15) is 0 Å². The van der Waals surface area contributed by atoms with Crippen molar-refractivity contribution >= 4 is 11.8 Å². The Balaban J connectivity index is 1.74. The smallest absolute Gasteiger partial charge is 0.255 e. The molecule has 2 heterocycles. The van der Waals surface area contributed by atoms with Gasteiger partial charge in [-0.1, -0.05) is 25.1 Å². The van der Waals surface area contributed by atoms with E-state index in [1.54, 1.807) is 0 Å². The average molecular weight is 382 g/mol. The van der Waals surface area contributed by atoms with Gasteiger partial charge in [0.05, 0.1) is 5.56 Å². The highest BCUT2D eigenvalue weighted by atomic mass is 16.2. The summed E-state index contributed by atoms with van der Waals surface area (Å²) in [4.78, 5) is 27.2. The van der Waals surface area contributed by atoms with Gasteiger partial charge in [-0.15, -0.1) is 0 Å². The fourth-order valence-corrected chi connectivity index (χ4v) is 4.07. The fraction of sp³-hybridized carbons (Fsp3) is 0.478. The topological polar surface area (TPSA) is 54.3 Å². The summed E-state index contributed by atoms with van der Waals surface area (Å²) >= 11 is 0. The first-order chi connectivity index (χ1) is 13.4. The Labute approximate surface area is 167 Å². The molecule has 0 atom stereocenters. The Hall–Kier alpha value is -2.56. The minimum atomic E-state index is 0.0231. The van der Waals surface area contributed by atoms with Crippen molar-refractivity contribution in [2.75, 3.05) is 19.6 Å². The van der Waals surface area contributed by atoms with Crippen molar-refractivity contribution in [3.05, 3.63) is 52.8 Å². The number of aromatic nitrogens is 1. The first-order valence-corrected chi connectivity index (χ1v) is 10.3. The van der Waals surface area contributed by atoms with E-state index in [1.165, 1.54) is 5.56 Å². The quantitative estimate of drug-likeness (QED) is 0.857. The summed E-state index contributed by atoms with van der Waals surface area (Å²) < 4.78 is 2.16. The van der Waals surface area contributed by atoms with E-state index in [0.717, 1.165) is 48.4 Å². The minimum Gasteiger partial charge on any atom is -0.356 e. The lowest BCUT2D eigenvalue weighted by molar-refractivity contribution is -0.126. The molecule has 1 N–H and O–H groups in total. The van der Waals surface area contributed by atoms with E-state index in [0.29, 0.717) is 13.1 Å². The molecule has 28 heavy (non-hydrogen) atoms. The van der Waals surface area contributed by atoms with Crippen molar-refractivity contribution in [2.24, 2.45) is 5.92 Å². The second-order valence-corrected chi connectivity index (χ2v) is 7.76. The van der Waals surface area contributed by atoms with Gasteiger partial charge in [-0.3, -0.25) is 9.59 Å². The number of carbonyl (C=O) groups is 2. The molecule has 0 unspecified atom stereocenters. The van der Waals surface area contributed by atoms with Gasteiger partial charge in [0.25, 0.3) is 5.91 Å². The highest BCUT2D eigenvalue weighted by molar-refractivity contribution is 5.96. The fourth-order valence-electron chi connectivity index (χ4n) is 4.07. The maximum Gasteiger partial charge on any atom is 0.255 e. The van der Waals surface area contributed by atoms with Crippen molar-refractivity contribution < 1.29 is 9.59 Å². The molecule has 0 spiro atoms. The van der Waals surface area contributed by atoms with Crippen LogP contribution < -0.4 is 5.32 Å². The molecular weight excluding hydrogens is 350 g/mol. The van der Waals surface area contributed by atoms with Crippen molar-refractivity contribution in [3.8, 4) is 5.69 Å². The lowest BCUT2D eigenvalue weighted by Crippen LogP contribution is -2.43. The Bertz CT molecular complexity index is 861. The van der Waals surface area contributed by atoms with Gasteiger partial charge >= 0.3 is 0 Å². The number of para-hydroxylation sites is 1. The van der Waals surface area contributed by atoms with Crippen LogP contribution in [0.4, 0.5) is 0 Å². The van der Waals surface area contributed by atoms with Crippen LogP contribution in [0.2, 0.25) is 0 Å². The van der Waals surface area contributed by atoms with E-state index >= 15 is 0 Å². The second kappa shape index (κ2) is 8.63. The lowest BCUT2D eigenvalue weighted by Gasteiger charge is -2.31. The molecule has 0 saturated carbocycles. The number of benzene rings is 1. The molecule has 5 nitrogen and oxygen atoms in total. The lowest BCUT2D eigenvalue weighted by atomic mass is 9.95. The van der Waals surface area contributed by atoms with E-state index in [-0.39, 0.29) is 17.7 Å². The maximum atomic E-state index is 13.2. The summed E-state index contributed by atoms with van der Waals surface area (Å²) in [5.41, 5.74) is 5.09. The Morgan fingerprint density at radius 2 is 1.79 bits per heavy atom. The first-order valence-electron chi connectivity index (χ1n) is 10.3. The van der Waals surface area contributed by atoms with Crippen molar-refractivity contribution in [3.63, 3.8) is 0 Å². The van der Waals surface area contributed by atoms with Crippen LogP contribution in [0.3, 0.4) is 0 Å². The van der Waals surface area contributed by atoms with E-state index in [1.807, 2.05) is 36.9 Å². The molecule has 1 aliphatic heterocycles. The van der Waals surface area contributed by atoms with Gasteiger partial charge in [-0.2, -0.15) is 0 Å². The second-order valence-electron chi connectivity index (χ2n) is 7.76. The van der Waals surface area contributed by atoms with Crippen LogP contribution in [-0.2, 0) is 4.79 Å². The van der Waals surface area contributed by atoms with Gasteiger partial charge < -0.3 is 14.8 Å². The molecule has 1 aromatic carbocycles. The van der Waals surface area contributed by atoms with E-state index in [9.17, 15) is 9.59 Å². The average Bonchev–Trinajstić information content (AvgIpc) is 3.00. The Morgan fingerprint density at radius 3 is 2.43 bits per heavy atom. The van der Waals surface area contributed by atoms with Gasteiger partial charge in [0.15, 0.2) is 0 Å². The Morgan fingerprint density at radius 1 is 1.11 bits per heavy atom. The van der Waals surface area contributed by atoms with Crippen molar-refractivity contribution in [2.45, 2.75) is 47.0 Å². The molecule has 0 aliphatic carbocycles. The maximum absolute atomic E-state index is 13.2. The van der Waals surface area contributed by atoms with E-state index in [2.05, 4.69) is 35.9 Å². The molecule has 3 rings (SSSR count). The van der Waals surface area contributed by atoms with Crippen LogP contribution in [0, 0.1) is 26.7 Å². The molecule has 0 bridgehead atoms.